The monoisotopic (exact) mass is 389 g/mol. The molecule has 2 aromatic heterocycles. The van der Waals surface area contributed by atoms with Crippen LogP contribution < -0.4 is 10.1 Å². The van der Waals surface area contributed by atoms with Crippen LogP contribution in [0.4, 0.5) is 0 Å². The number of hydrogen-bond acceptors (Lipinski definition) is 6. The van der Waals surface area contributed by atoms with Gasteiger partial charge in [-0.05, 0) is 31.2 Å². The number of hydrogen-bond donors (Lipinski definition) is 1. The van der Waals surface area contributed by atoms with E-state index in [9.17, 15) is 4.79 Å². The van der Waals surface area contributed by atoms with Gasteiger partial charge in [0.15, 0.2) is 6.61 Å². The highest BCUT2D eigenvalue weighted by Gasteiger charge is 2.14. The van der Waals surface area contributed by atoms with E-state index >= 15 is 0 Å². The first-order chi connectivity index (χ1) is 14.2. The van der Waals surface area contributed by atoms with E-state index in [4.69, 9.17) is 13.7 Å². The summed E-state index contributed by atoms with van der Waals surface area (Å²) in [5.41, 5.74) is 2.43. The lowest BCUT2D eigenvalue weighted by molar-refractivity contribution is 0.0942. The van der Waals surface area contributed by atoms with Crippen LogP contribution in [-0.2, 0) is 13.2 Å². The summed E-state index contributed by atoms with van der Waals surface area (Å²) < 4.78 is 16.3. The average Bonchev–Trinajstić information content (AvgIpc) is 3.43. The molecule has 1 N–H and O–H groups in total. The van der Waals surface area contributed by atoms with Crippen LogP contribution >= 0.6 is 0 Å². The number of carbonyl (C=O) groups is 1. The zero-order chi connectivity index (χ0) is 20.1. The fourth-order valence-corrected chi connectivity index (χ4v) is 2.73. The Morgan fingerprint density at radius 1 is 1.07 bits per heavy atom. The zero-order valence-corrected chi connectivity index (χ0v) is 15.8. The average molecular weight is 389 g/mol. The van der Waals surface area contributed by atoms with Crippen molar-refractivity contribution in [3.8, 4) is 17.1 Å². The molecule has 0 aliphatic rings. The third-order valence-electron chi connectivity index (χ3n) is 4.26. The van der Waals surface area contributed by atoms with Crippen molar-refractivity contribution >= 4 is 5.91 Å². The summed E-state index contributed by atoms with van der Waals surface area (Å²) in [5, 5.41) is 6.79. The van der Waals surface area contributed by atoms with Crippen molar-refractivity contribution in [1.82, 2.24) is 15.5 Å². The van der Waals surface area contributed by atoms with E-state index in [1.54, 1.807) is 42.7 Å². The Morgan fingerprint density at radius 2 is 1.90 bits per heavy atom. The Hall–Kier alpha value is -3.87. The maximum absolute atomic E-state index is 12.5. The highest BCUT2D eigenvalue weighted by molar-refractivity contribution is 5.96. The molecule has 7 nitrogen and oxygen atoms in total. The molecule has 0 aliphatic heterocycles. The molecule has 0 fully saturated rings. The summed E-state index contributed by atoms with van der Waals surface area (Å²) in [6.45, 7) is 2.37. The van der Waals surface area contributed by atoms with E-state index in [1.807, 2.05) is 31.2 Å². The molecule has 2 aromatic carbocycles. The fraction of sp³-hybridized carbons (Fsp3) is 0.136. The molecule has 0 radical (unpaired) electrons. The van der Waals surface area contributed by atoms with Crippen LogP contribution in [0.1, 0.15) is 27.6 Å². The second kappa shape index (κ2) is 8.43. The van der Waals surface area contributed by atoms with Gasteiger partial charge >= 0.3 is 0 Å². The van der Waals surface area contributed by atoms with Crippen LogP contribution in [0.5, 0.6) is 5.75 Å². The summed E-state index contributed by atoms with van der Waals surface area (Å²) in [6, 6.07) is 18.4. The number of benzene rings is 2. The molecule has 29 heavy (non-hydrogen) atoms. The van der Waals surface area contributed by atoms with Crippen molar-refractivity contribution in [1.29, 1.82) is 0 Å². The molecule has 0 spiro atoms. The topological polar surface area (TPSA) is 90.4 Å². The normalized spacial score (nSPS) is 10.7. The van der Waals surface area contributed by atoms with E-state index < -0.39 is 0 Å². The molecule has 4 rings (SSSR count). The van der Waals surface area contributed by atoms with E-state index in [2.05, 4.69) is 15.5 Å². The number of carbonyl (C=O) groups excluding carboxylic acids is 1. The number of furan rings is 1. The molecule has 0 unspecified atom stereocenters. The van der Waals surface area contributed by atoms with Gasteiger partial charge < -0.3 is 19.0 Å². The van der Waals surface area contributed by atoms with Crippen molar-refractivity contribution in [2.45, 2.75) is 20.1 Å². The minimum Gasteiger partial charge on any atom is -0.483 e. The first-order valence-electron chi connectivity index (χ1n) is 9.11. The third-order valence-corrected chi connectivity index (χ3v) is 4.26. The first kappa shape index (κ1) is 18.5. The van der Waals surface area contributed by atoms with Crippen molar-refractivity contribution < 1.29 is 18.5 Å². The Balaban J connectivity index is 1.41. The van der Waals surface area contributed by atoms with Crippen molar-refractivity contribution in [2.75, 3.05) is 0 Å². The molecular weight excluding hydrogens is 370 g/mol. The maximum Gasteiger partial charge on any atom is 0.264 e. The largest absolute Gasteiger partial charge is 0.483 e. The molecule has 0 saturated carbocycles. The molecule has 0 atom stereocenters. The number of aromatic nitrogens is 2. The second-order valence-corrected chi connectivity index (χ2v) is 6.42. The standard InChI is InChI=1S/C22H19N3O4/c1-15-8-10-16(11-9-15)21-24-20(29-25-21)14-28-19-7-3-2-6-18(19)22(26)23-13-17-5-4-12-27-17/h2-12H,13-14H2,1H3,(H,23,26). The van der Waals surface area contributed by atoms with Gasteiger partial charge in [-0.2, -0.15) is 4.98 Å². The molecule has 0 saturated heterocycles. The lowest BCUT2D eigenvalue weighted by Crippen LogP contribution is -2.23. The SMILES string of the molecule is Cc1ccc(-c2noc(COc3ccccc3C(=O)NCc3ccco3)n2)cc1. The predicted octanol–water partition coefficient (Wildman–Crippen LogP) is 4.15. The van der Waals surface area contributed by atoms with Gasteiger partial charge in [-0.25, -0.2) is 0 Å². The van der Waals surface area contributed by atoms with Gasteiger partial charge in [0.1, 0.15) is 11.5 Å². The van der Waals surface area contributed by atoms with Gasteiger partial charge in [0, 0.05) is 5.56 Å². The van der Waals surface area contributed by atoms with E-state index in [-0.39, 0.29) is 12.5 Å². The number of aryl methyl sites for hydroxylation is 1. The van der Waals surface area contributed by atoms with Crippen molar-refractivity contribution in [2.24, 2.45) is 0 Å². The van der Waals surface area contributed by atoms with Crippen molar-refractivity contribution in [3.63, 3.8) is 0 Å². The van der Waals surface area contributed by atoms with Crippen LogP contribution in [0.3, 0.4) is 0 Å². The van der Waals surface area contributed by atoms with E-state index in [0.29, 0.717) is 35.3 Å². The first-order valence-corrected chi connectivity index (χ1v) is 9.11. The second-order valence-electron chi connectivity index (χ2n) is 6.42. The minimum absolute atomic E-state index is 0.0569. The van der Waals surface area contributed by atoms with Gasteiger partial charge in [0.2, 0.25) is 5.82 Å². The minimum atomic E-state index is -0.261. The summed E-state index contributed by atoms with van der Waals surface area (Å²) in [6.07, 6.45) is 1.56. The lowest BCUT2D eigenvalue weighted by atomic mass is 10.1. The molecule has 0 aliphatic carbocycles. The number of para-hydroxylation sites is 1. The number of nitrogens with zero attached hydrogens (tertiary/aromatic N) is 2. The number of nitrogens with one attached hydrogen (secondary N) is 1. The van der Waals surface area contributed by atoms with Gasteiger partial charge in [0.05, 0.1) is 18.4 Å². The lowest BCUT2D eigenvalue weighted by Gasteiger charge is -2.09. The maximum atomic E-state index is 12.5. The smallest absolute Gasteiger partial charge is 0.264 e. The van der Waals surface area contributed by atoms with Gasteiger partial charge in [-0.3, -0.25) is 4.79 Å². The summed E-state index contributed by atoms with van der Waals surface area (Å²) in [4.78, 5) is 16.9. The molecule has 4 aromatic rings. The zero-order valence-electron chi connectivity index (χ0n) is 15.8. The summed E-state index contributed by atoms with van der Waals surface area (Å²) in [5.74, 6) is 1.66. The number of ether oxygens (including phenoxy) is 1. The van der Waals surface area contributed by atoms with E-state index in [0.717, 1.165) is 11.1 Å². The van der Waals surface area contributed by atoms with Crippen LogP contribution in [0.2, 0.25) is 0 Å². The van der Waals surface area contributed by atoms with Crippen LogP contribution in [0.25, 0.3) is 11.4 Å². The third kappa shape index (κ3) is 4.52. The van der Waals surface area contributed by atoms with Gasteiger partial charge in [-0.1, -0.05) is 47.1 Å². The molecule has 2 heterocycles. The van der Waals surface area contributed by atoms with Gasteiger partial charge in [0.25, 0.3) is 11.8 Å². The van der Waals surface area contributed by atoms with Crippen LogP contribution in [-0.4, -0.2) is 16.0 Å². The van der Waals surface area contributed by atoms with Crippen LogP contribution in [0, 0.1) is 6.92 Å². The molecule has 1 amide bonds. The van der Waals surface area contributed by atoms with Crippen molar-refractivity contribution in [3.05, 3.63) is 89.7 Å². The Morgan fingerprint density at radius 3 is 2.69 bits per heavy atom. The van der Waals surface area contributed by atoms with Gasteiger partial charge in [-0.15, -0.1) is 0 Å². The molecule has 7 heteroatoms. The summed E-state index contributed by atoms with van der Waals surface area (Å²) in [7, 11) is 0. The molecule has 0 bridgehead atoms. The quantitative estimate of drug-likeness (QED) is 0.511. The predicted molar refractivity (Wildman–Crippen MR) is 105 cm³/mol. The highest BCUT2D eigenvalue weighted by Crippen LogP contribution is 2.21. The van der Waals surface area contributed by atoms with E-state index in [1.165, 1.54) is 0 Å². The summed E-state index contributed by atoms with van der Waals surface area (Å²) >= 11 is 0. The number of rotatable bonds is 7. The molecular formula is C22H19N3O4. The Labute approximate surface area is 167 Å². The Kier molecular flexibility index (Phi) is 5.38. The highest BCUT2D eigenvalue weighted by atomic mass is 16.5. The van der Waals surface area contributed by atoms with Crippen LogP contribution in [0.15, 0.2) is 75.9 Å². The Bertz CT molecular complexity index is 1090. The fourth-order valence-electron chi connectivity index (χ4n) is 2.73. The number of amides is 1. The molecule has 146 valence electrons.